The topological polar surface area (TPSA) is 102 Å². The first-order valence-electron chi connectivity index (χ1n) is 14.5. The molecule has 1 saturated carbocycles. The number of fused-ring (bicyclic) bond motifs is 1. The van der Waals surface area contributed by atoms with Gasteiger partial charge in [0.2, 0.25) is 5.91 Å². The van der Waals surface area contributed by atoms with Gasteiger partial charge in [-0.15, -0.1) is 0 Å². The van der Waals surface area contributed by atoms with Crippen molar-refractivity contribution in [2.75, 3.05) is 33.4 Å². The van der Waals surface area contributed by atoms with Crippen molar-refractivity contribution in [3.8, 4) is 0 Å². The smallest absolute Gasteiger partial charge is 0.417 e. The van der Waals surface area contributed by atoms with Gasteiger partial charge in [0.1, 0.15) is 5.60 Å². The first-order chi connectivity index (χ1) is 19.3. The van der Waals surface area contributed by atoms with Crippen molar-refractivity contribution in [1.82, 2.24) is 20.5 Å². The Morgan fingerprint density at radius 1 is 1.24 bits per heavy atom. The molecule has 2 N–H and O–H groups in total. The van der Waals surface area contributed by atoms with Gasteiger partial charge < -0.3 is 29.7 Å². The van der Waals surface area contributed by atoms with Crippen LogP contribution in [0.5, 0.6) is 0 Å². The summed E-state index contributed by atoms with van der Waals surface area (Å²) in [7, 11) is 1.67. The van der Waals surface area contributed by atoms with Crippen LogP contribution < -0.4 is 10.6 Å². The molecule has 0 aromatic carbocycles. The Labute approximate surface area is 239 Å². The number of hydrogen-bond donors (Lipinski definition) is 2. The summed E-state index contributed by atoms with van der Waals surface area (Å²) in [6.45, 7) is 7.41. The lowest BCUT2D eigenvalue weighted by Crippen LogP contribution is -2.51. The first kappa shape index (κ1) is 31.5. The van der Waals surface area contributed by atoms with Crippen LogP contribution in [0.15, 0.2) is 12.3 Å². The fourth-order valence-corrected chi connectivity index (χ4v) is 6.26. The van der Waals surface area contributed by atoms with Gasteiger partial charge in [0.15, 0.2) is 0 Å². The molecular weight excluding hydrogens is 541 g/mol. The Kier molecular flexibility index (Phi) is 9.85. The molecule has 0 unspecified atom stereocenters. The number of amides is 2. The molecule has 4 rings (SSSR count). The summed E-state index contributed by atoms with van der Waals surface area (Å²) in [6.07, 6.45) is 0.196. The second-order valence-corrected chi connectivity index (χ2v) is 12.5. The molecule has 2 amide bonds. The number of ether oxygens (including phenoxy) is 3. The van der Waals surface area contributed by atoms with Crippen LogP contribution in [0.3, 0.4) is 0 Å². The molecule has 41 heavy (non-hydrogen) atoms. The highest BCUT2D eigenvalue weighted by atomic mass is 19.4. The number of carbonyl (C=O) groups excluding carboxylic acids is 2. The second-order valence-electron chi connectivity index (χ2n) is 12.5. The number of alkyl carbamates (subject to hydrolysis) is 1. The molecule has 3 aliphatic rings. The number of nitrogens with zero attached hydrogens (tertiary/aromatic N) is 2. The van der Waals surface area contributed by atoms with E-state index in [2.05, 4.69) is 15.6 Å². The monoisotopic (exact) mass is 584 g/mol. The van der Waals surface area contributed by atoms with Crippen LogP contribution in [0.1, 0.15) is 76.1 Å². The second kappa shape index (κ2) is 12.8. The molecule has 2 fully saturated rings. The summed E-state index contributed by atoms with van der Waals surface area (Å²) in [5.74, 6) is -0.0441. The average Bonchev–Trinajstić information content (AvgIpc) is 3.32. The number of pyridine rings is 1. The van der Waals surface area contributed by atoms with Gasteiger partial charge >= 0.3 is 12.3 Å². The number of alkyl halides is 3. The molecule has 12 heteroatoms. The van der Waals surface area contributed by atoms with Gasteiger partial charge in [-0.2, -0.15) is 13.2 Å². The predicted molar refractivity (Wildman–Crippen MR) is 145 cm³/mol. The summed E-state index contributed by atoms with van der Waals surface area (Å²) >= 11 is 0. The summed E-state index contributed by atoms with van der Waals surface area (Å²) in [6, 6.07) is 1.33. The van der Waals surface area contributed by atoms with Crippen LogP contribution in [-0.4, -0.2) is 79.1 Å². The van der Waals surface area contributed by atoms with E-state index in [1.807, 2.05) is 0 Å². The van der Waals surface area contributed by atoms with Crippen molar-refractivity contribution in [2.45, 2.75) is 102 Å². The van der Waals surface area contributed by atoms with Gasteiger partial charge in [0.25, 0.3) is 0 Å². The van der Waals surface area contributed by atoms with E-state index in [1.165, 1.54) is 0 Å². The number of hydrogen-bond acceptors (Lipinski definition) is 7. The van der Waals surface area contributed by atoms with Crippen molar-refractivity contribution in [3.63, 3.8) is 0 Å². The lowest BCUT2D eigenvalue weighted by atomic mass is 9.79. The SMILES string of the molecule is CO[C@@H]1COCC[C@@H]1N[C@@H]1CC[C@](CCCNC(=O)OC(C)(C)C)(C(=O)N2CCc3ncc(C(F)(F)F)cc3C2)C1. The molecule has 9 nitrogen and oxygen atoms in total. The van der Waals surface area contributed by atoms with E-state index < -0.39 is 28.8 Å². The van der Waals surface area contributed by atoms with Gasteiger partial charge in [0.05, 0.1) is 23.7 Å². The number of carbonyl (C=O) groups is 2. The molecule has 3 heterocycles. The maximum atomic E-state index is 14.2. The summed E-state index contributed by atoms with van der Waals surface area (Å²) < 4.78 is 56.5. The third-order valence-corrected chi connectivity index (χ3v) is 8.27. The zero-order chi connectivity index (χ0) is 29.8. The van der Waals surface area contributed by atoms with Gasteiger partial charge in [-0.3, -0.25) is 9.78 Å². The van der Waals surface area contributed by atoms with Crippen LogP contribution in [0.4, 0.5) is 18.0 Å². The molecule has 0 spiro atoms. The lowest BCUT2D eigenvalue weighted by Gasteiger charge is -2.38. The summed E-state index contributed by atoms with van der Waals surface area (Å²) in [4.78, 5) is 32.1. The zero-order valence-electron chi connectivity index (χ0n) is 24.4. The highest BCUT2D eigenvalue weighted by molar-refractivity contribution is 5.83. The van der Waals surface area contributed by atoms with Crippen LogP contribution in [-0.2, 0) is 38.1 Å². The fraction of sp³-hybridized carbons (Fsp3) is 0.759. The van der Waals surface area contributed by atoms with Crippen LogP contribution >= 0.6 is 0 Å². The predicted octanol–water partition coefficient (Wildman–Crippen LogP) is 4.22. The van der Waals surface area contributed by atoms with Crippen molar-refractivity contribution in [3.05, 3.63) is 29.1 Å². The molecule has 1 aliphatic carbocycles. The Morgan fingerprint density at radius 2 is 2.02 bits per heavy atom. The minimum absolute atomic E-state index is 0.0441. The molecule has 1 aromatic heterocycles. The van der Waals surface area contributed by atoms with Crippen molar-refractivity contribution in [2.24, 2.45) is 5.41 Å². The van der Waals surface area contributed by atoms with Gasteiger partial charge in [-0.05, 0) is 70.9 Å². The highest BCUT2D eigenvalue weighted by Crippen LogP contribution is 2.45. The van der Waals surface area contributed by atoms with E-state index in [1.54, 1.807) is 32.8 Å². The van der Waals surface area contributed by atoms with Crippen LogP contribution in [0.2, 0.25) is 0 Å². The van der Waals surface area contributed by atoms with Gasteiger partial charge in [-0.1, -0.05) is 0 Å². The maximum absolute atomic E-state index is 14.2. The molecule has 4 atom stereocenters. The Balaban J connectivity index is 1.46. The third-order valence-electron chi connectivity index (χ3n) is 8.27. The number of rotatable bonds is 8. The minimum atomic E-state index is -4.49. The van der Waals surface area contributed by atoms with Crippen LogP contribution in [0.25, 0.3) is 0 Å². The largest absolute Gasteiger partial charge is 0.444 e. The van der Waals surface area contributed by atoms with Crippen molar-refractivity contribution in [1.29, 1.82) is 0 Å². The number of nitrogens with one attached hydrogen (secondary N) is 2. The molecule has 1 aromatic rings. The lowest BCUT2D eigenvalue weighted by molar-refractivity contribution is -0.143. The van der Waals surface area contributed by atoms with Crippen molar-refractivity contribution < 1.29 is 37.0 Å². The quantitative estimate of drug-likeness (QED) is 0.441. The summed E-state index contributed by atoms with van der Waals surface area (Å²) in [5, 5.41) is 6.48. The molecule has 230 valence electrons. The van der Waals surface area contributed by atoms with E-state index in [4.69, 9.17) is 14.2 Å². The molecule has 0 radical (unpaired) electrons. The highest BCUT2D eigenvalue weighted by Gasteiger charge is 2.48. The molecule has 1 saturated heterocycles. The van der Waals surface area contributed by atoms with E-state index in [0.29, 0.717) is 69.7 Å². The first-order valence-corrected chi connectivity index (χ1v) is 14.5. The van der Waals surface area contributed by atoms with Crippen molar-refractivity contribution >= 4 is 12.0 Å². The third kappa shape index (κ3) is 8.10. The van der Waals surface area contributed by atoms with E-state index in [-0.39, 0.29) is 30.6 Å². The maximum Gasteiger partial charge on any atom is 0.417 e. The molecule has 0 bridgehead atoms. The van der Waals surface area contributed by atoms with Crippen LogP contribution in [0, 0.1) is 5.41 Å². The Bertz CT molecular complexity index is 1080. The normalized spacial score (nSPS) is 26.9. The summed E-state index contributed by atoms with van der Waals surface area (Å²) in [5.41, 5.74) is -1.05. The number of methoxy groups -OCH3 is 1. The zero-order valence-corrected chi connectivity index (χ0v) is 24.4. The van der Waals surface area contributed by atoms with E-state index >= 15 is 0 Å². The van der Waals surface area contributed by atoms with E-state index in [9.17, 15) is 22.8 Å². The average molecular weight is 585 g/mol. The fourth-order valence-electron chi connectivity index (χ4n) is 6.26. The number of halogens is 3. The Morgan fingerprint density at radius 3 is 2.73 bits per heavy atom. The number of aromatic nitrogens is 1. The minimum Gasteiger partial charge on any atom is -0.444 e. The molecular formula is C29H43F3N4O5. The Hall–Kier alpha value is -2.44. The molecule has 2 aliphatic heterocycles. The van der Waals surface area contributed by atoms with Gasteiger partial charge in [-0.25, -0.2) is 4.79 Å². The van der Waals surface area contributed by atoms with Gasteiger partial charge in [0, 0.05) is 63.7 Å². The van der Waals surface area contributed by atoms with E-state index in [0.717, 1.165) is 25.1 Å². The standard InChI is InChI=1S/C29H43F3N4O5/c1-27(2,3)41-26(38)33-11-5-9-28(10-6-21(15-28)35-23-8-13-40-18-24(23)39-4)25(37)36-12-7-22-19(17-36)14-20(16-34-22)29(30,31)32/h14,16,21,23-24,35H,5-13,15,17-18H2,1-4H3,(H,33,38)/t21-,23+,24-,28+/m1/s1.